The van der Waals surface area contributed by atoms with E-state index in [-0.39, 0.29) is 6.32 Å². The van der Waals surface area contributed by atoms with Crippen molar-refractivity contribution in [1.29, 1.82) is 0 Å². The van der Waals surface area contributed by atoms with Gasteiger partial charge < -0.3 is 25.5 Å². The second-order valence-electron chi connectivity index (χ2n) is 9.68. The molecule has 2 aliphatic heterocycles. The summed E-state index contributed by atoms with van der Waals surface area (Å²) in [5.41, 5.74) is 7.25. The largest absolute Gasteiger partial charge is 0.480 e. The molecule has 3 atom stereocenters. The Morgan fingerprint density at radius 1 is 1.09 bits per heavy atom. The highest BCUT2D eigenvalue weighted by Gasteiger charge is 2.41. The Balaban J connectivity index is 1.30. The minimum Gasteiger partial charge on any atom is -0.480 e. The van der Waals surface area contributed by atoms with Crippen LogP contribution in [0.15, 0.2) is 30.6 Å². The molecule has 2 aromatic rings. The smallest absolute Gasteiger partial charge is 0.451 e. The first-order chi connectivity index (χ1) is 15.4. The maximum atomic E-state index is 11.8. The summed E-state index contributed by atoms with van der Waals surface area (Å²) in [6.07, 6.45) is 9.54. The Bertz CT molecular complexity index is 908. The van der Waals surface area contributed by atoms with Crippen LogP contribution in [-0.4, -0.2) is 66.9 Å². The molecule has 0 radical (unpaired) electrons. The fraction of sp³-hybridized carbons (Fsp3) is 0.652. The van der Waals surface area contributed by atoms with Crippen LogP contribution in [0.25, 0.3) is 11.0 Å². The molecular formula is C23H35BN4O4. The van der Waals surface area contributed by atoms with Crippen molar-refractivity contribution < 1.29 is 19.9 Å². The summed E-state index contributed by atoms with van der Waals surface area (Å²) in [5.74, 6) is -0.962. The number of carbonyl (C=O) groups is 1. The number of aliphatic carboxylic acids is 1. The highest BCUT2D eigenvalue weighted by molar-refractivity contribution is 6.40. The van der Waals surface area contributed by atoms with Crippen molar-refractivity contribution in [2.24, 2.45) is 5.73 Å². The number of aromatic nitrogens is 2. The SMILES string of the molecule is NC(CCCCB(O)O)(CCCN1C2CCC1CC(n1cnc3ccccc31)C2)C(=O)O. The topological polar surface area (TPSA) is 125 Å². The molecule has 3 unspecified atom stereocenters. The van der Waals surface area contributed by atoms with Crippen molar-refractivity contribution in [3.05, 3.63) is 30.6 Å². The molecule has 1 aromatic heterocycles. The standard InChI is InChI=1S/C23H35BN4O4/c25-23(22(29)30,10-3-4-12-24(31)32)11-5-13-27-17-8-9-18(27)15-19(14-17)28-16-26-20-6-1-2-7-21(20)28/h1-2,6-7,16-19,31-32H,3-5,8-15,25H2,(H,29,30). The highest BCUT2D eigenvalue weighted by Crippen LogP contribution is 2.42. The molecule has 2 aliphatic rings. The van der Waals surface area contributed by atoms with E-state index < -0.39 is 18.6 Å². The van der Waals surface area contributed by atoms with Crippen LogP contribution in [-0.2, 0) is 4.79 Å². The molecule has 174 valence electrons. The summed E-state index contributed by atoms with van der Waals surface area (Å²) in [6, 6.07) is 9.82. The quantitative estimate of drug-likeness (QED) is 0.311. The second-order valence-corrected chi connectivity index (χ2v) is 9.68. The van der Waals surface area contributed by atoms with Crippen LogP contribution in [0, 0.1) is 0 Å². The van der Waals surface area contributed by atoms with Gasteiger partial charge in [0.2, 0.25) is 0 Å². The maximum absolute atomic E-state index is 11.8. The number of unbranched alkanes of at least 4 members (excludes halogenated alkanes) is 1. The van der Waals surface area contributed by atoms with Crippen molar-refractivity contribution in [2.75, 3.05) is 6.54 Å². The Hall–Kier alpha value is -1.94. The zero-order chi connectivity index (χ0) is 22.7. The normalized spacial score (nSPS) is 25.2. The molecule has 0 spiro atoms. The molecule has 3 heterocycles. The van der Waals surface area contributed by atoms with Gasteiger partial charge in [0.15, 0.2) is 0 Å². The average Bonchev–Trinajstić information content (AvgIpc) is 3.28. The minimum absolute atomic E-state index is 0.250. The van der Waals surface area contributed by atoms with Gasteiger partial charge in [-0.3, -0.25) is 9.69 Å². The van der Waals surface area contributed by atoms with Crippen LogP contribution in [0.4, 0.5) is 0 Å². The summed E-state index contributed by atoms with van der Waals surface area (Å²) in [7, 11) is -1.34. The lowest BCUT2D eigenvalue weighted by atomic mass is 9.81. The van der Waals surface area contributed by atoms with Crippen LogP contribution in [0.2, 0.25) is 6.32 Å². The van der Waals surface area contributed by atoms with Gasteiger partial charge in [0, 0.05) is 18.1 Å². The van der Waals surface area contributed by atoms with E-state index in [2.05, 4.69) is 32.7 Å². The van der Waals surface area contributed by atoms with Gasteiger partial charge in [-0.15, -0.1) is 0 Å². The maximum Gasteiger partial charge on any atom is 0.451 e. The van der Waals surface area contributed by atoms with Crippen molar-refractivity contribution in [3.63, 3.8) is 0 Å². The van der Waals surface area contributed by atoms with Crippen molar-refractivity contribution in [3.8, 4) is 0 Å². The van der Waals surface area contributed by atoms with E-state index >= 15 is 0 Å². The average molecular weight is 442 g/mol. The van der Waals surface area contributed by atoms with Crippen LogP contribution < -0.4 is 5.73 Å². The van der Waals surface area contributed by atoms with Gasteiger partial charge in [-0.25, -0.2) is 4.98 Å². The van der Waals surface area contributed by atoms with Gasteiger partial charge in [-0.1, -0.05) is 25.0 Å². The summed E-state index contributed by atoms with van der Waals surface area (Å²) in [4.78, 5) is 19.0. The van der Waals surface area contributed by atoms with Crippen molar-refractivity contribution >= 4 is 24.1 Å². The molecule has 8 nitrogen and oxygen atoms in total. The molecule has 9 heteroatoms. The molecule has 2 saturated heterocycles. The lowest BCUT2D eigenvalue weighted by Gasteiger charge is -2.40. The number of imidazole rings is 1. The number of carboxylic acid groups (broad SMARTS) is 1. The number of carboxylic acids is 1. The predicted octanol–water partition coefficient (Wildman–Crippen LogP) is 2.41. The van der Waals surface area contributed by atoms with E-state index in [0.29, 0.717) is 43.8 Å². The van der Waals surface area contributed by atoms with Gasteiger partial charge in [-0.2, -0.15) is 0 Å². The van der Waals surface area contributed by atoms with Crippen molar-refractivity contribution in [2.45, 2.75) is 87.8 Å². The van der Waals surface area contributed by atoms with E-state index in [0.717, 1.165) is 31.3 Å². The highest BCUT2D eigenvalue weighted by atomic mass is 16.4. The number of hydrogen-bond donors (Lipinski definition) is 4. The monoisotopic (exact) mass is 442 g/mol. The number of hydrogen-bond acceptors (Lipinski definition) is 6. The van der Waals surface area contributed by atoms with Gasteiger partial charge in [0.1, 0.15) is 5.54 Å². The molecule has 2 fully saturated rings. The Morgan fingerprint density at radius 3 is 2.47 bits per heavy atom. The number of nitrogens with zero attached hydrogens (tertiary/aromatic N) is 3. The molecule has 1 aromatic carbocycles. The van der Waals surface area contributed by atoms with Gasteiger partial charge >= 0.3 is 13.1 Å². The molecule has 5 N–H and O–H groups in total. The van der Waals surface area contributed by atoms with E-state index in [1.54, 1.807) is 0 Å². The van der Waals surface area contributed by atoms with Crippen LogP contribution in [0.3, 0.4) is 0 Å². The van der Waals surface area contributed by atoms with E-state index in [1.807, 2.05) is 12.4 Å². The predicted molar refractivity (Wildman–Crippen MR) is 124 cm³/mol. The molecule has 0 saturated carbocycles. The second kappa shape index (κ2) is 9.91. The zero-order valence-corrected chi connectivity index (χ0v) is 18.6. The third kappa shape index (κ3) is 5.01. The van der Waals surface area contributed by atoms with Gasteiger partial charge in [0.05, 0.1) is 17.4 Å². The summed E-state index contributed by atoms with van der Waals surface area (Å²) in [5, 5.41) is 27.6. The van der Waals surface area contributed by atoms with Crippen LogP contribution >= 0.6 is 0 Å². The summed E-state index contributed by atoms with van der Waals surface area (Å²) >= 11 is 0. The van der Waals surface area contributed by atoms with E-state index in [1.165, 1.54) is 18.4 Å². The minimum atomic E-state index is -1.34. The molecule has 0 amide bonds. The summed E-state index contributed by atoms with van der Waals surface area (Å²) in [6.45, 7) is 0.883. The first-order valence-corrected chi connectivity index (χ1v) is 11.9. The van der Waals surface area contributed by atoms with E-state index in [9.17, 15) is 9.90 Å². The van der Waals surface area contributed by atoms with E-state index in [4.69, 9.17) is 15.8 Å². The first kappa shape index (κ1) is 23.2. The zero-order valence-electron chi connectivity index (χ0n) is 18.6. The number of rotatable bonds is 11. The number of fused-ring (bicyclic) bond motifs is 3. The molecule has 32 heavy (non-hydrogen) atoms. The van der Waals surface area contributed by atoms with Gasteiger partial charge in [0.25, 0.3) is 0 Å². The van der Waals surface area contributed by atoms with Gasteiger partial charge in [-0.05, 0) is 69.9 Å². The Kier molecular flexibility index (Phi) is 7.19. The van der Waals surface area contributed by atoms with Crippen LogP contribution in [0.5, 0.6) is 0 Å². The molecule has 4 rings (SSSR count). The lowest BCUT2D eigenvalue weighted by molar-refractivity contribution is -0.144. The fourth-order valence-corrected chi connectivity index (χ4v) is 5.79. The van der Waals surface area contributed by atoms with Crippen LogP contribution in [0.1, 0.15) is 63.8 Å². The Labute approximate surface area is 189 Å². The third-order valence-electron chi connectivity index (χ3n) is 7.53. The summed E-state index contributed by atoms with van der Waals surface area (Å²) < 4.78 is 2.34. The number of para-hydroxylation sites is 2. The number of nitrogens with two attached hydrogens (primary N) is 1. The molecule has 0 aliphatic carbocycles. The lowest BCUT2D eigenvalue weighted by Crippen LogP contribution is -2.49. The molecular weight excluding hydrogens is 407 g/mol. The number of benzene rings is 1. The van der Waals surface area contributed by atoms with Crippen molar-refractivity contribution in [1.82, 2.24) is 14.5 Å². The first-order valence-electron chi connectivity index (χ1n) is 11.9. The number of piperidine rings is 1. The fourth-order valence-electron chi connectivity index (χ4n) is 5.79. The third-order valence-corrected chi connectivity index (χ3v) is 7.53. The Morgan fingerprint density at radius 2 is 1.78 bits per heavy atom. The molecule has 2 bridgehead atoms.